The minimum absolute atomic E-state index is 0.0218. The molecule has 9 heteroatoms. The van der Waals surface area contributed by atoms with Gasteiger partial charge >= 0.3 is 0 Å². The minimum atomic E-state index is -0.521. The second kappa shape index (κ2) is 6.56. The van der Waals surface area contributed by atoms with Gasteiger partial charge in [-0.15, -0.1) is 0 Å². The zero-order valence-corrected chi connectivity index (χ0v) is 17.1. The van der Waals surface area contributed by atoms with E-state index < -0.39 is 5.82 Å². The summed E-state index contributed by atoms with van der Waals surface area (Å²) >= 11 is 5.95. The van der Waals surface area contributed by atoms with Crippen molar-refractivity contribution in [2.75, 3.05) is 17.2 Å². The van der Waals surface area contributed by atoms with Crippen LogP contribution >= 0.6 is 11.6 Å². The van der Waals surface area contributed by atoms with Gasteiger partial charge in [-0.05, 0) is 42.8 Å². The fourth-order valence-corrected chi connectivity index (χ4v) is 4.18. The quantitative estimate of drug-likeness (QED) is 0.526. The maximum absolute atomic E-state index is 13.6. The zero-order chi connectivity index (χ0) is 21.2. The van der Waals surface area contributed by atoms with Crippen molar-refractivity contribution >= 4 is 39.9 Å². The van der Waals surface area contributed by atoms with E-state index in [9.17, 15) is 9.18 Å². The van der Waals surface area contributed by atoms with Crippen LogP contribution in [0, 0.1) is 5.82 Å². The molecule has 5 rings (SSSR count). The van der Waals surface area contributed by atoms with Crippen LogP contribution in [0.5, 0.6) is 0 Å². The number of amides is 1. The number of hydrogen-bond acceptors (Lipinski definition) is 4. The molecule has 30 heavy (non-hydrogen) atoms. The maximum Gasteiger partial charge on any atom is 0.277 e. The summed E-state index contributed by atoms with van der Waals surface area (Å²) in [6.45, 7) is 2.39. The highest BCUT2D eigenvalue weighted by molar-refractivity contribution is 6.31. The molecule has 3 heterocycles. The molecule has 0 saturated heterocycles. The van der Waals surface area contributed by atoms with E-state index >= 15 is 0 Å². The summed E-state index contributed by atoms with van der Waals surface area (Å²) in [5.74, 6) is -0.277. The number of benzene rings is 2. The minimum Gasteiger partial charge on any atom is -0.382 e. The maximum atomic E-state index is 13.6. The molecular formula is C21H18ClFN6O. The molecule has 0 radical (unpaired) electrons. The average Bonchev–Trinajstić information content (AvgIpc) is 3.29. The fraction of sp³-hybridized carbons (Fsp3) is 0.190. The lowest BCUT2D eigenvalue weighted by molar-refractivity contribution is 0.0954. The molecule has 2 N–H and O–H groups in total. The molecular weight excluding hydrogens is 407 g/mol. The lowest BCUT2D eigenvalue weighted by Gasteiger charge is -2.32. The summed E-state index contributed by atoms with van der Waals surface area (Å²) in [5.41, 5.74) is 9.40. The second-order valence-electron chi connectivity index (χ2n) is 7.46. The summed E-state index contributed by atoms with van der Waals surface area (Å²) in [7, 11) is 1.82. The Morgan fingerprint density at radius 2 is 2.03 bits per heavy atom. The number of carbonyl (C=O) groups excluding carboxylic acids is 1. The molecule has 0 spiro atoms. The molecule has 2 aromatic carbocycles. The van der Waals surface area contributed by atoms with Crippen LogP contribution in [-0.2, 0) is 7.05 Å². The average molecular weight is 425 g/mol. The van der Waals surface area contributed by atoms with E-state index in [4.69, 9.17) is 17.3 Å². The van der Waals surface area contributed by atoms with Crippen molar-refractivity contribution in [2.24, 2.45) is 7.05 Å². The van der Waals surface area contributed by atoms with Gasteiger partial charge in [0.25, 0.3) is 5.91 Å². The van der Waals surface area contributed by atoms with Crippen LogP contribution in [0.1, 0.15) is 23.5 Å². The molecule has 0 aliphatic carbocycles. The van der Waals surface area contributed by atoms with Gasteiger partial charge in [0.1, 0.15) is 11.5 Å². The second-order valence-corrected chi connectivity index (χ2v) is 7.86. The lowest BCUT2D eigenvalue weighted by atomic mass is 10.0. The third-order valence-electron chi connectivity index (χ3n) is 5.51. The third-order valence-corrected chi connectivity index (χ3v) is 5.80. The molecule has 1 atom stereocenters. The predicted molar refractivity (Wildman–Crippen MR) is 114 cm³/mol. The Kier molecular flexibility index (Phi) is 4.08. The number of anilines is 2. The van der Waals surface area contributed by atoms with Crippen LogP contribution in [0.15, 0.2) is 42.6 Å². The molecule has 0 fully saturated rings. The van der Waals surface area contributed by atoms with Crippen LogP contribution < -0.4 is 10.6 Å². The number of hydrogen-bond donors (Lipinski definition) is 1. The van der Waals surface area contributed by atoms with Crippen LogP contribution in [0.25, 0.3) is 22.0 Å². The predicted octanol–water partition coefficient (Wildman–Crippen LogP) is 4.03. The summed E-state index contributed by atoms with van der Waals surface area (Å²) in [5, 5.41) is 9.55. The first-order chi connectivity index (χ1) is 14.3. The molecule has 152 valence electrons. The number of nitrogens with two attached hydrogens (primary N) is 1. The van der Waals surface area contributed by atoms with Gasteiger partial charge < -0.3 is 10.6 Å². The Morgan fingerprint density at radius 3 is 2.80 bits per heavy atom. The van der Waals surface area contributed by atoms with Gasteiger partial charge in [0.05, 0.1) is 22.8 Å². The van der Waals surface area contributed by atoms with Gasteiger partial charge in [-0.25, -0.2) is 4.39 Å². The first kappa shape index (κ1) is 18.6. The zero-order valence-electron chi connectivity index (χ0n) is 16.3. The number of fused-ring (bicyclic) bond motifs is 2. The summed E-state index contributed by atoms with van der Waals surface area (Å²) in [6.07, 6.45) is 1.70. The van der Waals surface area contributed by atoms with Crippen LogP contribution in [0.4, 0.5) is 15.9 Å². The molecule has 0 bridgehead atoms. The largest absolute Gasteiger partial charge is 0.382 e. The Balaban J connectivity index is 1.63. The third kappa shape index (κ3) is 2.68. The smallest absolute Gasteiger partial charge is 0.277 e. The first-order valence-electron chi connectivity index (χ1n) is 9.42. The van der Waals surface area contributed by atoms with Crippen molar-refractivity contribution in [3.8, 4) is 11.1 Å². The molecule has 1 amide bonds. The van der Waals surface area contributed by atoms with Crippen molar-refractivity contribution in [3.63, 3.8) is 0 Å². The summed E-state index contributed by atoms with van der Waals surface area (Å²) in [4.78, 5) is 15.0. The highest BCUT2D eigenvalue weighted by Gasteiger charge is 2.34. The van der Waals surface area contributed by atoms with Crippen LogP contribution in [-0.4, -0.2) is 32.0 Å². The number of halogens is 2. The van der Waals surface area contributed by atoms with Crippen molar-refractivity contribution in [3.05, 3.63) is 59.1 Å². The number of nitrogen functional groups attached to an aromatic ring is 1. The van der Waals surface area contributed by atoms with Crippen molar-refractivity contribution in [2.45, 2.75) is 13.0 Å². The number of nitrogens with zero attached hydrogens (tertiary/aromatic N) is 5. The topological polar surface area (TPSA) is 82.0 Å². The molecule has 1 aliphatic heterocycles. The van der Waals surface area contributed by atoms with Gasteiger partial charge in [-0.3, -0.25) is 14.2 Å². The molecule has 4 aromatic rings. The van der Waals surface area contributed by atoms with Gasteiger partial charge in [0.2, 0.25) is 0 Å². The SMILES string of the molecule is C[C@H]1CN(c2ccc(F)c(Cl)c2)C(=O)c2c(-c3ccc4c(N)nn(C)c4c3)cnn21. The number of carbonyl (C=O) groups is 1. The van der Waals surface area contributed by atoms with E-state index in [1.54, 1.807) is 26.5 Å². The van der Waals surface area contributed by atoms with Crippen molar-refractivity contribution < 1.29 is 9.18 Å². The fourth-order valence-electron chi connectivity index (χ4n) is 4.00. The van der Waals surface area contributed by atoms with E-state index in [0.29, 0.717) is 29.3 Å². The number of rotatable bonds is 2. The standard InChI is InChI=1S/C21H18ClFN6O/c1-11-10-28(13-4-6-17(23)16(22)8-13)21(30)19-15(9-25-29(11)19)12-3-5-14-18(7-12)27(2)26-20(14)24/h3-9,11H,10H2,1-2H3,(H2,24,26)/t11-/m0/s1. The van der Waals surface area contributed by atoms with E-state index in [1.165, 1.54) is 12.1 Å². The Hall–Kier alpha value is -3.39. The van der Waals surface area contributed by atoms with Gasteiger partial charge in [0, 0.05) is 30.2 Å². The number of aromatic nitrogens is 4. The van der Waals surface area contributed by atoms with E-state index in [2.05, 4.69) is 10.2 Å². The molecule has 1 aliphatic rings. The Morgan fingerprint density at radius 1 is 1.23 bits per heavy atom. The Labute approximate surface area is 176 Å². The summed E-state index contributed by atoms with van der Waals surface area (Å²) < 4.78 is 17.1. The highest BCUT2D eigenvalue weighted by Crippen LogP contribution is 2.35. The lowest BCUT2D eigenvalue weighted by Crippen LogP contribution is -2.42. The summed E-state index contributed by atoms with van der Waals surface area (Å²) in [6, 6.07) is 9.98. The van der Waals surface area contributed by atoms with E-state index in [-0.39, 0.29) is 17.0 Å². The van der Waals surface area contributed by atoms with Crippen LogP contribution in [0.2, 0.25) is 5.02 Å². The van der Waals surface area contributed by atoms with Crippen LogP contribution in [0.3, 0.4) is 0 Å². The Bertz CT molecular complexity index is 1330. The van der Waals surface area contributed by atoms with Crippen molar-refractivity contribution in [1.29, 1.82) is 0 Å². The van der Waals surface area contributed by atoms with E-state index in [1.807, 2.05) is 32.2 Å². The van der Waals surface area contributed by atoms with Gasteiger partial charge in [0.15, 0.2) is 5.82 Å². The monoisotopic (exact) mass is 424 g/mol. The highest BCUT2D eigenvalue weighted by atomic mass is 35.5. The number of aryl methyl sites for hydroxylation is 1. The molecule has 0 unspecified atom stereocenters. The van der Waals surface area contributed by atoms with E-state index in [0.717, 1.165) is 16.5 Å². The molecule has 7 nitrogen and oxygen atoms in total. The molecule has 2 aromatic heterocycles. The normalized spacial score (nSPS) is 16.3. The van der Waals surface area contributed by atoms with Crippen molar-refractivity contribution in [1.82, 2.24) is 19.6 Å². The van der Waals surface area contributed by atoms with Gasteiger partial charge in [-0.2, -0.15) is 10.2 Å². The van der Waals surface area contributed by atoms with Gasteiger partial charge in [-0.1, -0.05) is 17.7 Å². The molecule has 0 saturated carbocycles. The first-order valence-corrected chi connectivity index (χ1v) is 9.80.